The van der Waals surface area contributed by atoms with E-state index in [0.717, 1.165) is 5.01 Å². The SMILES string of the molecule is CN1NNC(C(F)(F)F)=C1CO. The van der Waals surface area contributed by atoms with E-state index in [1.807, 2.05) is 5.43 Å². The van der Waals surface area contributed by atoms with Gasteiger partial charge < -0.3 is 5.11 Å². The van der Waals surface area contributed by atoms with Crippen molar-refractivity contribution in [2.24, 2.45) is 0 Å². The molecule has 0 saturated heterocycles. The number of halogens is 3. The van der Waals surface area contributed by atoms with E-state index >= 15 is 0 Å². The number of alkyl halides is 3. The van der Waals surface area contributed by atoms with Crippen LogP contribution in [0.5, 0.6) is 0 Å². The highest BCUT2D eigenvalue weighted by Gasteiger charge is 2.40. The molecule has 0 aliphatic carbocycles. The summed E-state index contributed by atoms with van der Waals surface area (Å²) < 4.78 is 36.2. The van der Waals surface area contributed by atoms with Crippen LogP contribution in [0.1, 0.15) is 0 Å². The lowest BCUT2D eigenvalue weighted by Gasteiger charge is -2.11. The van der Waals surface area contributed by atoms with E-state index in [-0.39, 0.29) is 5.70 Å². The minimum atomic E-state index is -4.46. The Balaban J connectivity index is 2.93. The number of allylic oxidation sites excluding steroid dienone is 1. The second-order valence-corrected chi connectivity index (χ2v) is 2.27. The molecule has 1 heterocycles. The van der Waals surface area contributed by atoms with Crippen LogP contribution in [0.3, 0.4) is 0 Å². The Morgan fingerprint density at radius 3 is 2.42 bits per heavy atom. The first-order valence-corrected chi connectivity index (χ1v) is 3.13. The van der Waals surface area contributed by atoms with E-state index in [0.29, 0.717) is 0 Å². The Morgan fingerprint density at radius 2 is 2.08 bits per heavy atom. The van der Waals surface area contributed by atoms with Gasteiger partial charge in [-0.3, -0.25) is 10.4 Å². The summed E-state index contributed by atoms with van der Waals surface area (Å²) in [7, 11) is 1.37. The lowest BCUT2D eigenvalue weighted by atomic mass is 10.3. The normalized spacial score (nSPS) is 18.6. The minimum Gasteiger partial charge on any atom is -0.390 e. The number of nitrogens with zero attached hydrogens (tertiary/aromatic N) is 1. The Hall–Kier alpha value is -0.950. The summed E-state index contributed by atoms with van der Waals surface area (Å²) in [5.74, 6) is 0. The average Bonchev–Trinajstić information content (AvgIpc) is 2.29. The number of hydrogen-bond acceptors (Lipinski definition) is 4. The van der Waals surface area contributed by atoms with Crippen LogP contribution < -0.4 is 11.0 Å². The zero-order valence-corrected chi connectivity index (χ0v) is 6.24. The number of likely N-dealkylation sites (N-methyl/N-ethyl adjacent to an activating group) is 1. The second-order valence-electron chi connectivity index (χ2n) is 2.27. The van der Waals surface area contributed by atoms with Gasteiger partial charge in [-0.1, -0.05) is 0 Å². The Morgan fingerprint density at radius 1 is 1.50 bits per heavy atom. The molecule has 0 radical (unpaired) electrons. The maximum absolute atomic E-state index is 12.1. The van der Waals surface area contributed by atoms with Gasteiger partial charge in [-0.2, -0.15) is 13.2 Å². The van der Waals surface area contributed by atoms with E-state index in [9.17, 15) is 13.2 Å². The summed E-state index contributed by atoms with van der Waals surface area (Å²) in [6, 6.07) is 0. The lowest BCUT2D eigenvalue weighted by molar-refractivity contribution is -0.0974. The molecule has 70 valence electrons. The number of nitrogens with one attached hydrogen (secondary N) is 2. The topological polar surface area (TPSA) is 47.5 Å². The molecular formula is C5H8F3N3O. The minimum absolute atomic E-state index is 0.220. The van der Waals surface area contributed by atoms with Crippen molar-refractivity contribution in [3.05, 3.63) is 11.4 Å². The third-order valence-electron chi connectivity index (χ3n) is 1.48. The molecule has 7 heteroatoms. The number of rotatable bonds is 1. The van der Waals surface area contributed by atoms with Crippen molar-refractivity contribution in [3.63, 3.8) is 0 Å². The standard InChI is InChI=1S/C5H8F3N3O/c1-11-3(2-12)4(9-10-11)5(6,7)8/h9-10,12H,2H2,1H3. The molecule has 0 fully saturated rings. The van der Waals surface area contributed by atoms with E-state index < -0.39 is 18.5 Å². The molecule has 4 nitrogen and oxygen atoms in total. The predicted molar refractivity (Wildman–Crippen MR) is 34.2 cm³/mol. The van der Waals surface area contributed by atoms with Crippen molar-refractivity contribution in [3.8, 4) is 0 Å². The van der Waals surface area contributed by atoms with E-state index in [4.69, 9.17) is 5.11 Å². The molecule has 1 aliphatic rings. The fourth-order valence-electron chi connectivity index (χ4n) is 0.867. The fourth-order valence-corrected chi connectivity index (χ4v) is 0.867. The molecule has 0 aromatic heterocycles. The summed E-state index contributed by atoms with van der Waals surface area (Å²) in [5, 5.41) is 9.66. The first-order valence-electron chi connectivity index (χ1n) is 3.13. The quantitative estimate of drug-likeness (QED) is 0.522. The Labute approximate surface area is 66.6 Å². The predicted octanol–water partition coefficient (Wildman–Crippen LogP) is -0.293. The summed E-state index contributed by atoms with van der Waals surface area (Å²) in [4.78, 5) is 0. The first kappa shape index (κ1) is 9.14. The van der Waals surface area contributed by atoms with Crippen molar-refractivity contribution in [1.29, 1.82) is 0 Å². The van der Waals surface area contributed by atoms with Gasteiger partial charge in [0.1, 0.15) is 0 Å². The van der Waals surface area contributed by atoms with Crippen molar-refractivity contribution < 1.29 is 18.3 Å². The smallest absolute Gasteiger partial charge is 0.390 e. The van der Waals surface area contributed by atoms with Crippen molar-refractivity contribution in [1.82, 2.24) is 16.0 Å². The van der Waals surface area contributed by atoms with Crippen molar-refractivity contribution in [2.75, 3.05) is 13.7 Å². The zero-order chi connectivity index (χ0) is 9.35. The fraction of sp³-hybridized carbons (Fsp3) is 0.600. The lowest BCUT2D eigenvalue weighted by Crippen LogP contribution is -2.36. The van der Waals surface area contributed by atoms with Crippen LogP contribution in [-0.2, 0) is 0 Å². The van der Waals surface area contributed by atoms with E-state index in [1.54, 1.807) is 0 Å². The van der Waals surface area contributed by atoms with Gasteiger partial charge in [-0.25, -0.2) is 0 Å². The highest BCUT2D eigenvalue weighted by Crippen LogP contribution is 2.28. The van der Waals surface area contributed by atoms with Crippen molar-refractivity contribution >= 4 is 0 Å². The van der Waals surface area contributed by atoms with Crippen molar-refractivity contribution in [2.45, 2.75) is 6.18 Å². The van der Waals surface area contributed by atoms with Crippen LogP contribution in [0.4, 0.5) is 13.2 Å². The Bertz CT molecular complexity index is 212. The van der Waals surface area contributed by atoms with Crippen LogP contribution >= 0.6 is 0 Å². The summed E-state index contributed by atoms with van der Waals surface area (Å²) >= 11 is 0. The highest BCUT2D eigenvalue weighted by molar-refractivity contribution is 5.18. The van der Waals surface area contributed by atoms with Gasteiger partial charge in [-0.15, -0.1) is 5.53 Å². The molecular weight excluding hydrogens is 175 g/mol. The molecule has 3 N–H and O–H groups in total. The van der Waals surface area contributed by atoms with Gasteiger partial charge in [0.25, 0.3) is 0 Å². The van der Waals surface area contributed by atoms with Gasteiger partial charge >= 0.3 is 6.18 Å². The van der Waals surface area contributed by atoms with Gasteiger partial charge in [0.15, 0.2) is 5.70 Å². The van der Waals surface area contributed by atoms with E-state index in [1.165, 1.54) is 7.05 Å². The van der Waals surface area contributed by atoms with Gasteiger partial charge in [-0.05, 0) is 0 Å². The van der Waals surface area contributed by atoms with Crippen LogP contribution in [0.2, 0.25) is 0 Å². The molecule has 0 unspecified atom stereocenters. The molecule has 0 aromatic rings. The molecule has 0 saturated carbocycles. The van der Waals surface area contributed by atoms with Gasteiger partial charge in [0.2, 0.25) is 0 Å². The number of aliphatic hydroxyl groups excluding tert-OH is 1. The van der Waals surface area contributed by atoms with Crippen LogP contribution in [-0.4, -0.2) is 29.9 Å². The summed E-state index contributed by atoms with van der Waals surface area (Å²) in [5.41, 5.74) is 2.95. The molecule has 0 spiro atoms. The average molecular weight is 183 g/mol. The first-order chi connectivity index (χ1) is 5.46. The molecule has 0 bridgehead atoms. The van der Waals surface area contributed by atoms with Crippen LogP contribution in [0.25, 0.3) is 0 Å². The molecule has 0 atom stereocenters. The Kier molecular flexibility index (Phi) is 2.16. The summed E-state index contributed by atoms with van der Waals surface area (Å²) in [6.07, 6.45) is -4.46. The second kappa shape index (κ2) is 2.83. The number of aliphatic hydroxyl groups is 1. The highest BCUT2D eigenvalue weighted by atomic mass is 19.4. The molecule has 0 aromatic carbocycles. The maximum atomic E-state index is 12.1. The molecule has 12 heavy (non-hydrogen) atoms. The third-order valence-corrected chi connectivity index (χ3v) is 1.48. The zero-order valence-electron chi connectivity index (χ0n) is 6.24. The van der Waals surface area contributed by atoms with Gasteiger partial charge in [0, 0.05) is 7.05 Å². The largest absolute Gasteiger partial charge is 0.434 e. The van der Waals surface area contributed by atoms with Crippen LogP contribution in [0, 0.1) is 0 Å². The maximum Gasteiger partial charge on any atom is 0.434 e. The molecule has 0 amide bonds. The van der Waals surface area contributed by atoms with Gasteiger partial charge in [0.05, 0.1) is 12.3 Å². The van der Waals surface area contributed by atoms with E-state index in [2.05, 4.69) is 5.53 Å². The molecule has 1 aliphatic heterocycles. The van der Waals surface area contributed by atoms with Crippen LogP contribution in [0.15, 0.2) is 11.4 Å². The number of hydrogen-bond donors (Lipinski definition) is 3. The number of hydrazine groups is 2. The third kappa shape index (κ3) is 1.46. The summed E-state index contributed by atoms with van der Waals surface area (Å²) in [6.45, 7) is -0.661. The monoisotopic (exact) mass is 183 g/mol. The molecule has 1 rings (SSSR count).